The zero-order chi connectivity index (χ0) is 16.0. The summed E-state index contributed by atoms with van der Waals surface area (Å²) in [7, 11) is -3.13. The summed E-state index contributed by atoms with van der Waals surface area (Å²) in [6, 6.07) is 3.67. The molecule has 0 heterocycles. The van der Waals surface area contributed by atoms with Gasteiger partial charge in [0.1, 0.15) is 15.6 Å². The highest BCUT2D eigenvalue weighted by Crippen LogP contribution is 2.28. The Bertz CT molecular complexity index is 639. The van der Waals surface area contributed by atoms with Gasteiger partial charge in [-0.3, -0.25) is 10.1 Å². The minimum absolute atomic E-state index is 0.0180. The summed E-state index contributed by atoms with van der Waals surface area (Å²) < 4.78 is 27.8. The molecule has 0 aliphatic heterocycles. The highest BCUT2D eigenvalue weighted by molar-refractivity contribution is 7.91. The van der Waals surface area contributed by atoms with Gasteiger partial charge in [0.05, 0.1) is 17.3 Å². The lowest BCUT2D eigenvalue weighted by atomic mass is 10.1. The van der Waals surface area contributed by atoms with E-state index in [4.69, 9.17) is 9.84 Å². The standard InChI is InChI=1S/C12H15NO7S/c1-2-21(18,19)8-4-7-20-10-6-3-5-9(13(16)17)11(10)12(14)15/h3,5-6H,2,4,7-8H2,1H3,(H,14,15). The van der Waals surface area contributed by atoms with Crippen molar-refractivity contribution in [2.75, 3.05) is 18.1 Å². The van der Waals surface area contributed by atoms with E-state index in [2.05, 4.69) is 0 Å². The molecule has 116 valence electrons. The Morgan fingerprint density at radius 1 is 1.43 bits per heavy atom. The van der Waals surface area contributed by atoms with E-state index in [1.54, 1.807) is 0 Å². The van der Waals surface area contributed by atoms with Crippen LogP contribution in [-0.2, 0) is 9.84 Å². The molecule has 0 radical (unpaired) electrons. The number of sulfone groups is 1. The summed E-state index contributed by atoms with van der Waals surface area (Å²) in [5.41, 5.74) is -1.11. The van der Waals surface area contributed by atoms with Gasteiger partial charge >= 0.3 is 5.97 Å². The first kappa shape index (κ1) is 16.9. The van der Waals surface area contributed by atoms with Crippen LogP contribution >= 0.6 is 0 Å². The number of carbonyl (C=O) groups is 1. The van der Waals surface area contributed by atoms with Gasteiger partial charge < -0.3 is 9.84 Å². The number of hydrogen-bond donors (Lipinski definition) is 1. The molecule has 0 amide bonds. The molecular weight excluding hydrogens is 302 g/mol. The van der Waals surface area contributed by atoms with Gasteiger partial charge in [0.15, 0.2) is 5.56 Å². The van der Waals surface area contributed by atoms with Gasteiger partial charge in [-0.1, -0.05) is 13.0 Å². The molecule has 0 saturated carbocycles. The van der Waals surface area contributed by atoms with E-state index in [0.29, 0.717) is 0 Å². The van der Waals surface area contributed by atoms with Gasteiger partial charge in [0.25, 0.3) is 5.69 Å². The molecule has 1 aromatic carbocycles. The van der Waals surface area contributed by atoms with Crippen molar-refractivity contribution in [2.45, 2.75) is 13.3 Å². The van der Waals surface area contributed by atoms with Crippen molar-refractivity contribution in [1.82, 2.24) is 0 Å². The van der Waals surface area contributed by atoms with Crippen molar-refractivity contribution in [3.05, 3.63) is 33.9 Å². The first-order valence-electron chi connectivity index (χ1n) is 6.12. The molecule has 1 rings (SSSR count). The number of nitrogens with zero attached hydrogens (tertiary/aromatic N) is 1. The maximum absolute atomic E-state index is 11.3. The van der Waals surface area contributed by atoms with Crippen molar-refractivity contribution in [1.29, 1.82) is 0 Å². The topological polar surface area (TPSA) is 124 Å². The third kappa shape index (κ3) is 4.71. The van der Waals surface area contributed by atoms with Crippen LogP contribution in [0.5, 0.6) is 5.75 Å². The largest absolute Gasteiger partial charge is 0.492 e. The Morgan fingerprint density at radius 3 is 2.62 bits per heavy atom. The minimum atomic E-state index is -3.13. The van der Waals surface area contributed by atoms with Crippen molar-refractivity contribution < 1.29 is 28.0 Å². The number of carboxylic acids is 1. The summed E-state index contributed by atoms with van der Waals surface area (Å²) in [5.74, 6) is -1.69. The van der Waals surface area contributed by atoms with Crippen LogP contribution in [0.1, 0.15) is 23.7 Å². The maximum Gasteiger partial charge on any atom is 0.346 e. The molecule has 0 fully saturated rings. The number of rotatable bonds is 8. The average molecular weight is 317 g/mol. The monoisotopic (exact) mass is 317 g/mol. The lowest BCUT2D eigenvalue weighted by Crippen LogP contribution is -2.13. The fourth-order valence-electron chi connectivity index (χ4n) is 1.61. The van der Waals surface area contributed by atoms with E-state index >= 15 is 0 Å². The number of benzene rings is 1. The summed E-state index contributed by atoms with van der Waals surface area (Å²) in [4.78, 5) is 21.1. The molecule has 0 unspecified atom stereocenters. The van der Waals surface area contributed by atoms with Crippen molar-refractivity contribution in [3.63, 3.8) is 0 Å². The molecule has 9 heteroatoms. The Labute approximate surface area is 121 Å². The van der Waals surface area contributed by atoms with E-state index < -0.39 is 32.0 Å². The number of nitro groups is 1. The summed E-state index contributed by atoms with van der Waals surface area (Å²) in [5, 5.41) is 19.8. The van der Waals surface area contributed by atoms with Crippen molar-refractivity contribution >= 4 is 21.5 Å². The van der Waals surface area contributed by atoms with Gasteiger partial charge in [-0.25, -0.2) is 13.2 Å². The van der Waals surface area contributed by atoms with E-state index in [-0.39, 0.29) is 30.3 Å². The Kier molecular flexibility index (Phi) is 5.65. The molecule has 0 atom stereocenters. The highest BCUT2D eigenvalue weighted by atomic mass is 32.2. The molecule has 0 spiro atoms. The Morgan fingerprint density at radius 2 is 2.10 bits per heavy atom. The first-order valence-corrected chi connectivity index (χ1v) is 7.94. The molecule has 0 bridgehead atoms. The van der Waals surface area contributed by atoms with E-state index in [1.165, 1.54) is 19.1 Å². The van der Waals surface area contributed by atoms with Crippen LogP contribution in [0.25, 0.3) is 0 Å². The van der Waals surface area contributed by atoms with Gasteiger partial charge in [0, 0.05) is 11.8 Å². The molecule has 21 heavy (non-hydrogen) atoms. The fraction of sp³-hybridized carbons (Fsp3) is 0.417. The second kappa shape index (κ2) is 7.02. The summed E-state index contributed by atoms with van der Waals surface area (Å²) in [6.07, 6.45) is 0.178. The molecular formula is C12H15NO7S. The van der Waals surface area contributed by atoms with Crippen molar-refractivity contribution in [3.8, 4) is 5.75 Å². The molecule has 0 aliphatic carbocycles. The number of carboxylic acid groups (broad SMARTS) is 1. The van der Waals surface area contributed by atoms with Crippen LogP contribution in [0.2, 0.25) is 0 Å². The van der Waals surface area contributed by atoms with Crippen LogP contribution in [-0.4, -0.2) is 42.5 Å². The smallest absolute Gasteiger partial charge is 0.346 e. The lowest BCUT2D eigenvalue weighted by Gasteiger charge is -2.09. The predicted octanol–water partition coefficient (Wildman–Crippen LogP) is 1.50. The fourth-order valence-corrected chi connectivity index (χ4v) is 2.46. The zero-order valence-electron chi connectivity index (χ0n) is 11.3. The Balaban J connectivity index is 2.82. The lowest BCUT2D eigenvalue weighted by molar-refractivity contribution is -0.385. The second-order valence-corrected chi connectivity index (χ2v) is 6.62. The molecule has 0 aromatic heterocycles. The normalized spacial score (nSPS) is 11.1. The van der Waals surface area contributed by atoms with Crippen LogP contribution < -0.4 is 4.74 Å². The molecule has 8 nitrogen and oxygen atoms in total. The van der Waals surface area contributed by atoms with E-state index in [1.807, 2.05) is 0 Å². The van der Waals surface area contributed by atoms with Crippen LogP contribution in [0, 0.1) is 10.1 Å². The molecule has 1 aromatic rings. The highest BCUT2D eigenvalue weighted by Gasteiger charge is 2.24. The van der Waals surface area contributed by atoms with Gasteiger partial charge in [0.2, 0.25) is 0 Å². The van der Waals surface area contributed by atoms with Gasteiger partial charge in [-0.05, 0) is 12.5 Å². The average Bonchev–Trinajstić information content (AvgIpc) is 2.43. The second-order valence-electron chi connectivity index (χ2n) is 4.15. The van der Waals surface area contributed by atoms with Gasteiger partial charge in [-0.15, -0.1) is 0 Å². The summed E-state index contributed by atoms with van der Waals surface area (Å²) in [6.45, 7) is 1.49. The maximum atomic E-state index is 11.3. The summed E-state index contributed by atoms with van der Waals surface area (Å²) >= 11 is 0. The van der Waals surface area contributed by atoms with E-state index in [0.717, 1.165) is 6.07 Å². The van der Waals surface area contributed by atoms with Gasteiger partial charge in [-0.2, -0.15) is 0 Å². The SMILES string of the molecule is CCS(=O)(=O)CCCOc1cccc([N+](=O)[O-])c1C(=O)O. The zero-order valence-corrected chi connectivity index (χ0v) is 12.1. The predicted molar refractivity (Wildman–Crippen MR) is 74.5 cm³/mol. The third-order valence-electron chi connectivity index (χ3n) is 2.71. The minimum Gasteiger partial charge on any atom is -0.492 e. The Hall–Kier alpha value is -2.16. The third-order valence-corrected chi connectivity index (χ3v) is 4.50. The molecule has 0 saturated heterocycles. The number of ether oxygens (including phenoxy) is 1. The quantitative estimate of drug-likeness (QED) is 0.437. The van der Waals surface area contributed by atoms with Crippen LogP contribution in [0.3, 0.4) is 0 Å². The first-order chi connectivity index (χ1) is 9.78. The molecule has 1 N–H and O–H groups in total. The number of hydrogen-bond acceptors (Lipinski definition) is 6. The van der Waals surface area contributed by atoms with Crippen LogP contribution in [0.4, 0.5) is 5.69 Å². The number of nitro benzene ring substituents is 1. The van der Waals surface area contributed by atoms with Crippen LogP contribution in [0.15, 0.2) is 18.2 Å². The van der Waals surface area contributed by atoms with E-state index in [9.17, 15) is 23.3 Å². The molecule has 0 aliphatic rings. The van der Waals surface area contributed by atoms with Crippen molar-refractivity contribution in [2.24, 2.45) is 0 Å². The number of aromatic carboxylic acids is 1.